The molecule has 0 atom stereocenters. The summed E-state index contributed by atoms with van der Waals surface area (Å²) in [6.07, 6.45) is 0. The number of hydrogen-bond acceptors (Lipinski definition) is 9. The monoisotopic (exact) mass is 467 g/mol. The van der Waals surface area contributed by atoms with Crippen molar-refractivity contribution in [2.75, 3.05) is 59.5 Å². The number of fused-ring (bicyclic) bond motifs is 1. The van der Waals surface area contributed by atoms with Gasteiger partial charge in [-0.3, -0.25) is 14.8 Å². The second kappa shape index (κ2) is 10.0. The van der Waals surface area contributed by atoms with Crippen LogP contribution in [0.3, 0.4) is 0 Å². The number of aromatic amines is 1. The number of aliphatic imine (C=N–C) groups is 1. The lowest BCUT2D eigenvalue weighted by Gasteiger charge is -2.21. The van der Waals surface area contributed by atoms with Crippen molar-refractivity contribution < 1.29 is 19.3 Å². The van der Waals surface area contributed by atoms with Crippen molar-refractivity contribution in [3.63, 3.8) is 0 Å². The van der Waals surface area contributed by atoms with Crippen molar-refractivity contribution in [3.8, 4) is 17.2 Å². The van der Waals surface area contributed by atoms with Crippen molar-refractivity contribution in [2.45, 2.75) is 6.54 Å². The largest absolute Gasteiger partial charge is 0.493 e. The number of ether oxygens (including phenoxy) is 3. The highest BCUT2D eigenvalue weighted by Gasteiger charge is 2.21. The molecule has 0 saturated heterocycles. The van der Waals surface area contributed by atoms with E-state index in [2.05, 4.69) is 25.9 Å². The summed E-state index contributed by atoms with van der Waals surface area (Å²) in [7, 11) is 6.34. The van der Waals surface area contributed by atoms with Crippen molar-refractivity contribution in [1.82, 2.24) is 14.9 Å². The molecule has 0 spiro atoms. The molecular formula is C24H29N5O5. The number of amidine groups is 1. The number of methoxy groups -OCH3 is 3. The fraction of sp³-hybridized carbons (Fsp3) is 0.375. The fourth-order valence-electron chi connectivity index (χ4n) is 4.19. The minimum Gasteiger partial charge on any atom is -0.493 e. The average Bonchev–Trinajstić information content (AvgIpc) is 3.31. The Hall–Kier alpha value is -3.79. The zero-order valence-corrected chi connectivity index (χ0v) is 19.8. The molecule has 1 aliphatic heterocycles. The highest BCUT2D eigenvalue weighted by Crippen LogP contribution is 2.41. The third kappa shape index (κ3) is 4.36. The van der Waals surface area contributed by atoms with Gasteiger partial charge in [0.05, 0.1) is 40.0 Å². The molecule has 180 valence electrons. The standard InChI is InChI=1S/C24H29N5O5/c1-28(14-15-6-5-7-16(12-15)22-25-8-9-29(22)10-11-30)24-26-17-13-18(32-2)20(33-3)21(34-4)19(17)23(31)27-24/h5-7,12-13,30H,8-11,14H2,1-4H3,(H,26,27,31). The van der Waals surface area contributed by atoms with Crippen LogP contribution in [0.2, 0.25) is 0 Å². The van der Waals surface area contributed by atoms with E-state index in [9.17, 15) is 9.90 Å². The van der Waals surface area contributed by atoms with Gasteiger partial charge in [-0.15, -0.1) is 0 Å². The maximum absolute atomic E-state index is 13.0. The molecule has 34 heavy (non-hydrogen) atoms. The van der Waals surface area contributed by atoms with Crippen LogP contribution in [-0.4, -0.2) is 80.4 Å². The predicted molar refractivity (Wildman–Crippen MR) is 131 cm³/mol. The summed E-state index contributed by atoms with van der Waals surface area (Å²) in [5.41, 5.74) is 2.14. The maximum Gasteiger partial charge on any atom is 0.264 e. The van der Waals surface area contributed by atoms with Gasteiger partial charge in [0.15, 0.2) is 11.5 Å². The second-order valence-corrected chi connectivity index (χ2v) is 7.90. The van der Waals surface area contributed by atoms with Crippen LogP contribution in [-0.2, 0) is 6.54 Å². The predicted octanol–water partition coefficient (Wildman–Crippen LogP) is 1.64. The highest BCUT2D eigenvalue weighted by atomic mass is 16.5. The number of rotatable bonds is 9. The molecule has 10 heteroatoms. The molecule has 2 aromatic carbocycles. The van der Waals surface area contributed by atoms with Gasteiger partial charge >= 0.3 is 0 Å². The molecule has 3 aromatic rings. The zero-order valence-electron chi connectivity index (χ0n) is 19.8. The highest BCUT2D eigenvalue weighted by molar-refractivity contribution is 6.00. The first-order chi connectivity index (χ1) is 16.5. The van der Waals surface area contributed by atoms with E-state index in [0.717, 1.165) is 30.1 Å². The van der Waals surface area contributed by atoms with Crippen molar-refractivity contribution in [3.05, 3.63) is 51.8 Å². The second-order valence-electron chi connectivity index (χ2n) is 7.90. The zero-order chi connectivity index (χ0) is 24.2. The summed E-state index contributed by atoms with van der Waals surface area (Å²) >= 11 is 0. The summed E-state index contributed by atoms with van der Waals surface area (Å²) in [6, 6.07) is 9.75. The quantitative estimate of drug-likeness (QED) is 0.489. The normalized spacial score (nSPS) is 13.2. The first kappa shape index (κ1) is 23.4. The van der Waals surface area contributed by atoms with Crippen LogP contribution in [0.1, 0.15) is 11.1 Å². The molecule has 0 bridgehead atoms. The molecule has 0 radical (unpaired) electrons. The van der Waals surface area contributed by atoms with Gasteiger partial charge in [0.25, 0.3) is 5.56 Å². The number of hydrogen-bond donors (Lipinski definition) is 2. The lowest BCUT2D eigenvalue weighted by atomic mass is 10.1. The van der Waals surface area contributed by atoms with Crippen LogP contribution in [0.25, 0.3) is 10.9 Å². The van der Waals surface area contributed by atoms with E-state index in [0.29, 0.717) is 41.4 Å². The SMILES string of the molecule is COc1cc2nc(N(C)Cc3cccc(C4=NCCN4CCO)c3)[nH]c(=O)c2c(OC)c1OC. The number of benzene rings is 2. The van der Waals surface area contributed by atoms with Crippen LogP contribution in [0.5, 0.6) is 17.2 Å². The van der Waals surface area contributed by atoms with Gasteiger partial charge in [0, 0.05) is 38.3 Å². The smallest absolute Gasteiger partial charge is 0.264 e. The topological polar surface area (TPSA) is 113 Å². The number of aromatic nitrogens is 2. The molecule has 4 rings (SSSR count). The lowest BCUT2D eigenvalue weighted by molar-refractivity contribution is 0.256. The van der Waals surface area contributed by atoms with Crippen LogP contribution >= 0.6 is 0 Å². The minimum absolute atomic E-state index is 0.0872. The molecular weight excluding hydrogens is 438 g/mol. The lowest BCUT2D eigenvalue weighted by Crippen LogP contribution is -2.31. The Morgan fingerprint density at radius 3 is 2.65 bits per heavy atom. The number of anilines is 1. The van der Waals surface area contributed by atoms with E-state index in [1.165, 1.54) is 21.3 Å². The van der Waals surface area contributed by atoms with Crippen LogP contribution < -0.4 is 24.7 Å². The molecule has 1 aromatic heterocycles. The first-order valence-electron chi connectivity index (χ1n) is 10.9. The summed E-state index contributed by atoms with van der Waals surface area (Å²) in [5.74, 6) is 2.35. The number of β-amino-alcohol motifs (C(OH)–C–C–N with tert-alkyl or cyclic N) is 1. The van der Waals surface area contributed by atoms with Crippen molar-refractivity contribution >= 4 is 22.7 Å². The van der Waals surface area contributed by atoms with Gasteiger partial charge in [0.1, 0.15) is 11.2 Å². The molecule has 0 aliphatic carbocycles. The van der Waals surface area contributed by atoms with E-state index in [1.54, 1.807) is 6.07 Å². The Kier molecular flexibility index (Phi) is 6.87. The molecule has 0 unspecified atom stereocenters. The van der Waals surface area contributed by atoms with Crippen molar-refractivity contribution in [1.29, 1.82) is 0 Å². The van der Waals surface area contributed by atoms with Crippen LogP contribution in [0.4, 0.5) is 5.95 Å². The number of nitrogens with zero attached hydrogens (tertiary/aromatic N) is 4. The third-order valence-electron chi connectivity index (χ3n) is 5.76. The Bertz CT molecular complexity index is 1270. The molecule has 0 saturated carbocycles. The maximum atomic E-state index is 13.0. The van der Waals surface area contributed by atoms with E-state index < -0.39 is 0 Å². The van der Waals surface area contributed by atoms with E-state index in [4.69, 9.17) is 14.2 Å². The number of nitrogens with one attached hydrogen (secondary N) is 1. The Balaban J connectivity index is 1.65. The Morgan fingerprint density at radius 1 is 1.15 bits per heavy atom. The number of aliphatic hydroxyl groups is 1. The van der Waals surface area contributed by atoms with Crippen LogP contribution in [0, 0.1) is 0 Å². The summed E-state index contributed by atoms with van der Waals surface area (Å²) < 4.78 is 16.2. The summed E-state index contributed by atoms with van der Waals surface area (Å²) in [5, 5.41) is 9.62. The molecule has 0 amide bonds. The Morgan fingerprint density at radius 2 is 1.94 bits per heavy atom. The number of aliphatic hydroxyl groups excluding tert-OH is 1. The average molecular weight is 468 g/mol. The van der Waals surface area contributed by atoms with Gasteiger partial charge in [0.2, 0.25) is 11.7 Å². The van der Waals surface area contributed by atoms with Crippen LogP contribution in [0.15, 0.2) is 40.1 Å². The van der Waals surface area contributed by atoms with Gasteiger partial charge < -0.3 is 29.1 Å². The number of H-pyrrole nitrogens is 1. The van der Waals surface area contributed by atoms with E-state index >= 15 is 0 Å². The first-order valence-corrected chi connectivity index (χ1v) is 10.9. The third-order valence-corrected chi connectivity index (χ3v) is 5.76. The summed E-state index contributed by atoms with van der Waals surface area (Å²) in [6.45, 7) is 2.69. The fourth-order valence-corrected chi connectivity index (χ4v) is 4.19. The van der Waals surface area contributed by atoms with Gasteiger partial charge in [-0.25, -0.2) is 4.98 Å². The molecule has 1 aliphatic rings. The van der Waals surface area contributed by atoms with Gasteiger partial charge in [-0.2, -0.15) is 0 Å². The molecule has 2 heterocycles. The summed E-state index contributed by atoms with van der Waals surface area (Å²) in [4.78, 5) is 29.0. The molecule has 2 N–H and O–H groups in total. The van der Waals surface area contributed by atoms with Gasteiger partial charge in [-0.05, 0) is 11.6 Å². The molecule has 0 fully saturated rings. The van der Waals surface area contributed by atoms with E-state index in [-0.39, 0.29) is 17.9 Å². The van der Waals surface area contributed by atoms with Gasteiger partial charge in [-0.1, -0.05) is 18.2 Å². The minimum atomic E-state index is -0.335. The van der Waals surface area contributed by atoms with E-state index in [1.807, 2.05) is 30.1 Å². The molecule has 10 nitrogen and oxygen atoms in total. The Labute approximate surface area is 197 Å². The van der Waals surface area contributed by atoms with Crippen molar-refractivity contribution in [2.24, 2.45) is 4.99 Å².